The summed E-state index contributed by atoms with van der Waals surface area (Å²) >= 11 is 0. The molecule has 0 saturated carbocycles. The molecule has 0 aliphatic rings. The van der Waals surface area contributed by atoms with Crippen LogP contribution in [0.5, 0.6) is 0 Å². The Morgan fingerprint density at radius 1 is 1.11 bits per heavy atom. The number of amides is 1. The third-order valence-electron chi connectivity index (χ3n) is 4.28. The van der Waals surface area contributed by atoms with E-state index in [0.29, 0.717) is 23.4 Å². The van der Waals surface area contributed by atoms with E-state index in [1.807, 2.05) is 32.0 Å². The number of hydrogen-bond donors (Lipinski definition) is 1. The van der Waals surface area contributed by atoms with Gasteiger partial charge in [0.2, 0.25) is 0 Å². The first kappa shape index (κ1) is 16.8. The number of carbonyl (C=O) groups excluding carboxylic acids is 1. The van der Waals surface area contributed by atoms with Gasteiger partial charge in [-0.3, -0.25) is 4.79 Å². The second kappa shape index (κ2) is 6.91. The predicted octanol–water partition coefficient (Wildman–Crippen LogP) is 2.15. The maximum Gasteiger partial charge on any atom is 0.251 e. The number of aromatic nitrogens is 6. The van der Waals surface area contributed by atoms with Gasteiger partial charge in [0.1, 0.15) is 12.7 Å². The second-order valence-corrected chi connectivity index (χ2v) is 6.11. The predicted molar refractivity (Wildman–Crippen MR) is 99.3 cm³/mol. The number of hydrogen-bond acceptors (Lipinski definition) is 6. The van der Waals surface area contributed by atoms with Crippen molar-refractivity contribution >= 4 is 16.9 Å². The highest BCUT2D eigenvalue weighted by atomic mass is 16.1. The summed E-state index contributed by atoms with van der Waals surface area (Å²) in [6.07, 6.45) is 4.69. The molecule has 0 atom stereocenters. The molecule has 3 aromatic heterocycles. The van der Waals surface area contributed by atoms with E-state index in [1.165, 1.54) is 6.33 Å². The smallest absolute Gasteiger partial charge is 0.251 e. The van der Waals surface area contributed by atoms with Crippen LogP contribution in [0, 0.1) is 13.8 Å². The van der Waals surface area contributed by atoms with E-state index in [2.05, 4.69) is 30.4 Å². The van der Waals surface area contributed by atoms with Gasteiger partial charge in [-0.25, -0.2) is 24.6 Å². The molecule has 27 heavy (non-hydrogen) atoms. The van der Waals surface area contributed by atoms with Crippen molar-refractivity contribution in [2.45, 2.75) is 20.4 Å². The van der Waals surface area contributed by atoms with E-state index < -0.39 is 0 Å². The molecular formula is C19H17N7O. The van der Waals surface area contributed by atoms with Crippen molar-refractivity contribution in [2.24, 2.45) is 0 Å². The van der Waals surface area contributed by atoms with Gasteiger partial charge in [0, 0.05) is 23.9 Å². The summed E-state index contributed by atoms with van der Waals surface area (Å²) in [5.74, 6) is 0.441. The summed E-state index contributed by atoms with van der Waals surface area (Å²) in [5.41, 5.74) is 4.59. The molecule has 0 aliphatic heterocycles. The Hall–Kier alpha value is -3.68. The lowest BCUT2D eigenvalue weighted by atomic mass is 10.1. The summed E-state index contributed by atoms with van der Waals surface area (Å²) in [4.78, 5) is 29.9. The lowest BCUT2D eigenvalue weighted by Crippen LogP contribution is -2.24. The quantitative estimate of drug-likeness (QED) is 0.599. The van der Waals surface area contributed by atoms with Gasteiger partial charge in [-0.2, -0.15) is 5.10 Å². The summed E-state index contributed by atoms with van der Waals surface area (Å²) in [5, 5.41) is 7.02. The lowest BCUT2D eigenvalue weighted by Gasteiger charge is -2.10. The first-order valence-electron chi connectivity index (χ1n) is 8.44. The topological polar surface area (TPSA) is 98.5 Å². The van der Waals surface area contributed by atoms with Crippen molar-refractivity contribution in [3.8, 4) is 5.82 Å². The summed E-state index contributed by atoms with van der Waals surface area (Å²) in [6.45, 7) is 4.14. The van der Waals surface area contributed by atoms with Gasteiger partial charge >= 0.3 is 0 Å². The Balaban J connectivity index is 1.55. The SMILES string of the molecule is Cc1nc2ccc(C(=O)NCc3cccnc3-n3cncn3)cc2nc1C. The van der Waals surface area contributed by atoms with Crippen LogP contribution < -0.4 is 5.32 Å². The van der Waals surface area contributed by atoms with E-state index in [9.17, 15) is 4.79 Å². The largest absolute Gasteiger partial charge is 0.348 e. The minimum Gasteiger partial charge on any atom is -0.348 e. The van der Waals surface area contributed by atoms with E-state index in [0.717, 1.165) is 22.5 Å². The number of fused-ring (bicyclic) bond motifs is 1. The molecule has 134 valence electrons. The number of benzene rings is 1. The van der Waals surface area contributed by atoms with Crippen LogP contribution in [-0.2, 0) is 6.54 Å². The zero-order valence-electron chi connectivity index (χ0n) is 14.9. The van der Waals surface area contributed by atoms with E-state index in [4.69, 9.17) is 0 Å². The Kier molecular flexibility index (Phi) is 4.29. The van der Waals surface area contributed by atoms with Gasteiger partial charge in [-0.1, -0.05) is 6.07 Å². The van der Waals surface area contributed by atoms with Gasteiger partial charge in [0.25, 0.3) is 5.91 Å². The molecule has 0 unspecified atom stereocenters. The summed E-state index contributed by atoms with van der Waals surface area (Å²) < 4.78 is 1.57. The molecule has 0 radical (unpaired) electrons. The minimum atomic E-state index is -0.190. The normalized spacial score (nSPS) is 10.9. The zero-order valence-corrected chi connectivity index (χ0v) is 14.9. The summed E-state index contributed by atoms with van der Waals surface area (Å²) in [6, 6.07) is 9.03. The molecule has 1 amide bonds. The first-order valence-corrected chi connectivity index (χ1v) is 8.44. The molecule has 0 bridgehead atoms. The van der Waals surface area contributed by atoms with Crippen LogP contribution in [0.1, 0.15) is 27.3 Å². The molecule has 3 heterocycles. The fourth-order valence-corrected chi connectivity index (χ4v) is 2.74. The third kappa shape index (κ3) is 3.37. The Bertz CT molecular complexity index is 1120. The molecule has 0 fully saturated rings. The van der Waals surface area contributed by atoms with E-state index in [-0.39, 0.29) is 5.91 Å². The highest BCUT2D eigenvalue weighted by Crippen LogP contribution is 2.15. The number of pyridine rings is 1. The van der Waals surface area contributed by atoms with Gasteiger partial charge in [-0.05, 0) is 38.1 Å². The minimum absolute atomic E-state index is 0.190. The molecule has 4 rings (SSSR count). The molecule has 1 N–H and O–H groups in total. The van der Waals surface area contributed by atoms with Gasteiger partial charge in [0.15, 0.2) is 5.82 Å². The number of nitrogens with one attached hydrogen (secondary N) is 1. The monoisotopic (exact) mass is 359 g/mol. The molecule has 8 nitrogen and oxygen atoms in total. The standard InChI is InChI=1S/C19H17N7O/c1-12-13(2)25-17-8-14(5-6-16(17)24-12)19(27)22-9-15-4-3-7-21-18(15)26-11-20-10-23-26/h3-8,10-11H,9H2,1-2H3,(H,22,27). The highest BCUT2D eigenvalue weighted by molar-refractivity contribution is 5.97. The van der Waals surface area contributed by atoms with Crippen LogP contribution in [0.4, 0.5) is 0 Å². The maximum atomic E-state index is 12.6. The van der Waals surface area contributed by atoms with Crippen LogP contribution >= 0.6 is 0 Å². The molecule has 4 aromatic rings. The molecule has 0 spiro atoms. The van der Waals surface area contributed by atoms with E-state index in [1.54, 1.807) is 29.3 Å². The van der Waals surface area contributed by atoms with Crippen LogP contribution in [0.3, 0.4) is 0 Å². The van der Waals surface area contributed by atoms with E-state index >= 15 is 0 Å². The third-order valence-corrected chi connectivity index (χ3v) is 4.28. The van der Waals surface area contributed by atoms with Gasteiger partial charge in [-0.15, -0.1) is 0 Å². The number of nitrogens with zero attached hydrogens (tertiary/aromatic N) is 6. The molecule has 8 heteroatoms. The molecule has 1 aromatic carbocycles. The first-order chi connectivity index (χ1) is 13.1. The van der Waals surface area contributed by atoms with Gasteiger partial charge in [0.05, 0.1) is 22.4 Å². The maximum absolute atomic E-state index is 12.6. The average Bonchev–Trinajstić information content (AvgIpc) is 3.21. The molecular weight excluding hydrogens is 342 g/mol. The number of rotatable bonds is 4. The number of aryl methyl sites for hydroxylation is 2. The van der Waals surface area contributed by atoms with Crippen molar-refractivity contribution in [1.82, 2.24) is 35.0 Å². The van der Waals surface area contributed by atoms with Crippen LogP contribution in [0.15, 0.2) is 49.2 Å². The lowest BCUT2D eigenvalue weighted by molar-refractivity contribution is 0.0951. The second-order valence-electron chi connectivity index (χ2n) is 6.11. The average molecular weight is 359 g/mol. The fourth-order valence-electron chi connectivity index (χ4n) is 2.74. The Morgan fingerprint density at radius 3 is 2.70 bits per heavy atom. The fraction of sp³-hybridized carbons (Fsp3) is 0.158. The van der Waals surface area contributed by atoms with Crippen molar-refractivity contribution in [3.05, 3.63) is 71.7 Å². The van der Waals surface area contributed by atoms with Gasteiger partial charge < -0.3 is 5.32 Å². The summed E-state index contributed by atoms with van der Waals surface area (Å²) in [7, 11) is 0. The molecule has 0 saturated heterocycles. The Morgan fingerprint density at radius 2 is 1.93 bits per heavy atom. The molecule has 0 aliphatic carbocycles. The number of carbonyl (C=O) groups is 1. The highest BCUT2D eigenvalue weighted by Gasteiger charge is 2.11. The van der Waals surface area contributed by atoms with Crippen LogP contribution in [0.25, 0.3) is 16.9 Å². The van der Waals surface area contributed by atoms with Crippen molar-refractivity contribution < 1.29 is 4.79 Å². The van der Waals surface area contributed by atoms with Crippen molar-refractivity contribution in [2.75, 3.05) is 0 Å². The van der Waals surface area contributed by atoms with Crippen molar-refractivity contribution in [3.63, 3.8) is 0 Å². The van der Waals surface area contributed by atoms with Crippen LogP contribution in [-0.4, -0.2) is 35.6 Å². The van der Waals surface area contributed by atoms with Crippen LogP contribution in [0.2, 0.25) is 0 Å². The zero-order chi connectivity index (χ0) is 18.8. The Labute approximate surface area is 155 Å². The van der Waals surface area contributed by atoms with Crippen molar-refractivity contribution in [1.29, 1.82) is 0 Å².